The number of piperidine rings is 1. The Kier molecular flexibility index (Phi) is 3.00. The van der Waals surface area contributed by atoms with Crippen molar-refractivity contribution in [1.82, 2.24) is 20.4 Å². The Bertz CT molecular complexity index is 509. The van der Waals surface area contributed by atoms with Crippen molar-refractivity contribution in [1.29, 1.82) is 0 Å². The minimum atomic E-state index is -0.700. The minimum Gasteiger partial charge on any atom is -0.383 e. The molecule has 0 radical (unpaired) electrons. The SMILES string of the molecule is CN1C(=O)CCC(NC(=O)c2cn[nH]c2N)C1=O. The number of nitrogens with zero attached hydrogens (tertiary/aromatic N) is 2. The summed E-state index contributed by atoms with van der Waals surface area (Å²) in [6.45, 7) is 0. The number of likely N-dealkylation sites (N-methyl/N-ethyl adjacent to an activating group) is 1. The number of nitrogens with two attached hydrogens (primary N) is 1. The molecule has 1 fully saturated rings. The van der Waals surface area contributed by atoms with E-state index in [-0.39, 0.29) is 23.7 Å². The molecule has 1 aromatic rings. The first kappa shape index (κ1) is 12.1. The molecular weight excluding hydrogens is 238 g/mol. The standard InChI is InChI=1S/C10H13N5O3/c1-15-7(16)3-2-6(10(15)18)13-9(17)5-4-12-14-8(5)11/h4,6H,2-3H2,1H3,(H,13,17)(H3,11,12,14). The van der Waals surface area contributed by atoms with Gasteiger partial charge in [0.05, 0.1) is 6.20 Å². The Hall–Kier alpha value is -2.38. The van der Waals surface area contributed by atoms with Crippen LogP contribution in [0.1, 0.15) is 23.2 Å². The van der Waals surface area contributed by atoms with Gasteiger partial charge in [-0.25, -0.2) is 0 Å². The fraction of sp³-hybridized carbons (Fsp3) is 0.400. The van der Waals surface area contributed by atoms with E-state index in [1.807, 2.05) is 0 Å². The highest BCUT2D eigenvalue weighted by molar-refractivity contribution is 6.04. The minimum absolute atomic E-state index is 0.139. The van der Waals surface area contributed by atoms with Gasteiger partial charge in [-0.2, -0.15) is 5.10 Å². The Morgan fingerprint density at radius 3 is 2.94 bits per heavy atom. The lowest BCUT2D eigenvalue weighted by atomic mass is 10.0. The van der Waals surface area contributed by atoms with Crippen LogP contribution >= 0.6 is 0 Å². The molecule has 0 saturated carbocycles. The number of rotatable bonds is 2. The molecule has 1 aliphatic heterocycles. The molecule has 0 spiro atoms. The first-order valence-corrected chi connectivity index (χ1v) is 5.41. The van der Waals surface area contributed by atoms with Crippen LogP contribution in [0.25, 0.3) is 0 Å². The zero-order valence-corrected chi connectivity index (χ0v) is 9.77. The zero-order valence-electron chi connectivity index (χ0n) is 9.77. The van der Waals surface area contributed by atoms with Crippen molar-refractivity contribution in [3.63, 3.8) is 0 Å². The number of aromatic amines is 1. The topological polar surface area (TPSA) is 121 Å². The first-order chi connectivity index (χ1) is 8.50. The second-order valence-corrected chi connectivity index (χ2v) is 4.05. The van der Waals surface area contributed by atoms with Gasteiger partial charge in [0, 0.05) is 13.5 Å². The van der Waals surface area contributed by atoms with Crippen LogP contribution < -0.4 is 11.1 Å². The van der Waals surface area contributed by atoms with Crippen LogP contribution in [0.5, 0.6) is 0 Å². The lowest BCUT2D eigenvalue weighted by molar-refractivity contribution is -0.147. The maximum Gasteiger partial charge on any atom is 0.257 e. The van der Waals surface area contributed by atoms with Crippen LogP contribution in [0.15, 0.2) is 6.20 Å². The highest BCUT2D eigenvalue weighted by Crippen LogP contribution is 2.13. The quantitative estimate of drug-likeness (QED) is 0.574. The Morgan fingerprint density at radius 1 is 1.61 bits per heavy atom. The molecule has 1 saturated heterocycles. The van der Waals surface area contributed by atoms with Gasteiger partial charge in [0.2, 0.25) is 5.91 Å². The number of carbonyl (C=O) groups excluding carboxylic acids is 3. The van der Waals surface area contributed by atoms with E-state index in [4.69, 9.17) is 5.73 Å². The second kappa shape index (κ2) is 4.47. The van der Waals surface area contributed by atoms with Gasteiger partial charge in [-0.05, 0) is 6.42 Å². The van der Waals surface area contributed by atoms with Crippen LogP contribution in [0.4, 0.5) is 5.82 Å². The summed E-state index contributed by atoms with van der Waals surface area (Å²) in [6, 6.07) is -0.700. The summed E-state index contributed by atoms with van der Waals surface area (Å²) in [7, 11) is 1.40. The van der Waals surface area contributed by atoms with Crippen molar-refractivity contribution in [3.8, 4) is 0 Å². The normalized spacial score (nSPS) is 20.1. The molecule has 1 unspecified atom stereocenters. The summed E-state index contributed by atoms with van der Waals surface area (Å²) in [5.74, 6) is -1.00. The van der Waals surface area contributed by atoms with E-state index in [0.29, 0.717) is 6.42 Å². The lowest BCUT2D eigenvalue weighted by Gasteiger charge is -2.28. The Balaban J connectivity index is 2.06. The number of nitrogen functional groups attached to an aromatic ring is 1. The first-order valence-electron chi connectivity index (χ1n) is 5.41. The van der Waals surface area contributed by atoms with Gasteiger partial charge in [-0.1, -0.05) is 0 Å². The molecule has 96 valence electrons. The van der Waals surface area contributed by atoms with Crippen molar-refractivity contribution < 1.29 is 14.4 Å². The summed E-state index contributed by atoms with van der Waals surface area (Å²) in [6.07, 6.45) is 1.81. The lowest BCUT2D eigenvalue weighted by Crippen LogP contribution is -2.52. The molecule has 2 heterocycles. The molecule has 0 aliphatic carbocycles. The number of H-pyrrole nitrogens is 1. The summed E-state index contributed by atoms with van der Waals surface area (Å²) < 4.78 is 0. The van der Waals surface area contributed by atoms with E-state index in [0.717, 1.165) is 4.90 Å². The largest absolute Gasteiger partial charge is 0.383 e. The molecule has 4 N–H and O–H groups in total. The van der Waals surface area contributed by atoms with Gasteiger partial charge in [-0.15, -0.1) is 0 Å². The van der Waals surface area contributed by atoms with Gasteiger partial charge >= 0.3 is 0 Å². The molecule has 8 heteroatoms. The summed E-state index contributed by atoms with van der Waals surface area (Å²) in [5.41, 5.74) is 5.68. The van der Waals surface area contributed by atoms with Gasteiger partial charge in [0.15, 0.2) is 0 Å². The van der Waals surface area contributed by atoms with Crippen molar-refractivity contribution in [2.24, 2.45) is 0 Å². The number of hydrogen-bond acceptors (Lipinski definition) is 5. The van der Waals surface area contributed by atoms with E-state index < -0.39 is 17.9 Å². The Morgan fingerprint density at radius 2 is 2.33 bits per heavy atom. The molecule has 1 aliphatic rings. The predicted octanol–water partition coefficient (Wildman–Crippen LogP) is -1.13. The number of nitrogens with one attached hydrogen (secondary N) is 2. The average Bonchev–Trinajstić information content (AvgIpc) is 2.76. The molecule has 0 aromatic carbocycles. The van der Waals surface area contributed by atoms with Crippen molar-refractivity contribution in [3.05, 3.63) is 11.8 Å². The fourth-order valence-corrected chi connectivity index (χ4v) is 1.76. The molecular formula is C10H13N5O3. The number of amides is 3. The maximum atomic E-state index is 11.8. The number of hydrogen-bond donors (Lipinski definition) is 3. The fourth-order valence-electron chi connectivity index (χ4n) is 1.76. The van der Waals surface area contributed by atoms with Crippen LogP contribution in [0.3, 0.4) is 0 Å². The molecule has 2 rings (SSSR count). The molecule has 18 heavy (non-hydrogen) atoms. The van der Waals surface area contributed by atoms with Crippen LogP contribution in [-0.4, -0.2) is 45.9 Å². The molecule has 0 bridgehead atoms. The predicted molar refractivity (Wildman–Crippen MR) is 61.3 cm³/mol. The van der Waals surface area contributed by atoms with Gasteiger partial charge in [0.1, 0.15) is 17.4 Å². The number of carbonyl (C=O) groups is 3. The highest BCUT2D eigenvalue weighted by atomic mass is 16.2. The van der Waals surface area contributed by atoms with Crippen molar-refractivity contribution in [2.45, 2.75) is 18.9 Å². The van der Waals surface area contributed by atoms with E-state index in [1.165, 1.54) is 13.2 Å². The van der Waals surface area contributed by atoms with Gasteiger partial charge in [0.25, 0.3) is 11.8 Å². The summed E-state index contributed by atoms with van der Waals surface area (Å²) >= 11 is 0. The Labute approximate surface area is 103 Å². The van der Waals surface area contributed by atoms with Crippen LogP contribution in [0.2, 0.25) is 0 Å². The molecule has 8 nitrogen and oxygen atoms in total. The molecule has 3 amide bonds. The number of likely N-dealkylation sites (tertiary alicyclic amines) is 1. The monoisotopic (exact) mass is 251 g/mol. The van der Waals surface area contributed by atoms with E-state index in [9.17, 15) is 14.4 Å². The number of imide groups is 1. The number of anilines is 1. The smallest absolute Gasteiger partial charge is 0.257 e. The second-order valence-electron chi connectivity index (χ2n) is 4.05. The number of aromatic nitrogens is 2. The van der Waals surface area contributed by atoms with Crippen molar-refractivity contribution >= 4 is 23.5 Å². The zero-order chi connectivity index (χ0) is 13.3. The third kappa shape index (κ3) is 2.04. The van der Waals surface area contributed by atoms with Gasteiger partial charge in [-0.3, -0.25) is 24.4 Å². The molecule has 1 atom stereocenters. The van der Waals surface area contributed by atoms with Gasteiger partial charge < -0.3 is 11.1 Å². The highest BCUT2D eigenvalue weighted by Gasteiger charge is 2.33. The maximum absolute atomic E-state index is 11.8. The third-order valence-electron chi connectivity index (χ3n) is 2.87. The van der Waals surface area contributed by atoms with E-state index in [2.05, 4.69) is 15.5 Å². The average molecular weight is 251 g/mol. The van der Waals surface area contributed by atoms with Crippen LogP contribution in [0, 0.1) is 0 Å². The van der Waals surface area contributed by atoms with E-state index >= 15 is 0 Å². The van der Waals surface area contributed by atoms with Crippen LogP contribution in [-0.2, 0) is 9.59 Å². The summed E-state index contributed by atoms with van der Waals surface area (Å²) in [5, 5.41) is 8.59. The van der Waals surface area contributed by atoms with Crippen molar-refractivity contribution in [2.75, 3.05) is 12.8 Å². The van der Waals surface area contributed by atoms with E-state index in [1.54, 1.807) is 0 Å². The third-order valence-corrected chi connectivity index (χ3v) is 2.87. The molecule has 1 aromatic heterocycles. The summed E-state index contributed by atoms with van der Waals surface area (Å²) in [4.78, 5) is 35.9.